The summed E-state index contributed by atoms with van der Waals surface area (Å²) in [6.45, 7) is 0. The van der Waals surface area contributed by atoms with Crippen LogP contribution in [0.4, 0.5) is 0 Å². The Morgan fingerprint density at radius 1 is 0.933 bits per heavy atom. The third-order valence-corrected chi connectivity index (χ3v) is 4.45. The van der Waals surface area contributed by atoms with Crippen LogP contribution < -0.4 is 0 Å². The van der Waals surface area contributed by atoms with Crippen molar-refractivity contribution in [2.75, 3.05) is 0 Å². The fraction of sp³-hybridized carbons (Fsp3) is 0. The van der Waals surface area contributed by atoms with Crippen LogP contribution in [-0.4, -0.2) is 8.75 Å². The van der Waals surface area contributed by atoms with E-state index < -0.39 is 0 Å². The Balaban J connectivity index is 3.07. The molecule has 15 heavy (non-hydrogen) atoms. The number of rotatable bonds is 0. The predicted octanol–water partition coefficient (Wildman–Crippen LogP) is 2.64. The zero-order valence-electron chi connectivity index (χ0n) is 6.95. The van der Waals surface area contributed by atoms with Gasteiger partial charge in [0, 0.05) is 0 Å². The van der Waals surface area contributed by atoms with Crippen LogP contribution in [-0.2, 0) is 0 Å². The van der Waals surface area contributed by atoms with E-state index >= 15 is 0 Å². The van der Waals surface area contributed by atoms with Crippen molar-refractivity contribution in [3.63, 3.8) is 0 Å². The molecule has 0 saturated heterocycles. The molecule has 2 rings (SSSR count). The molecule has 1 heterocycles. The predicted molar refractivity (Wildman–Crippen MR) is 72.3 cm³/mol. The number of halogens is 2. The van der Waals surface area contributed by atoms with Crippen molar-refractivity contribution in [1.29, 1.82) is 10.5 Å². The van der Waals surface area contributed by atoms with Gasteiger partial charge in [0.25, 0.3) is 0 Å². The molecule has 7 heteroatoms. The van der Waals surface area contributed by atoms with Gasteiger partial charge in [0.15, 0.2) is 0 Å². The average molecular weight is 438 g/mol. The average Bonchev–Trinajstić information content (AvgIpc) is 2.72. The van der Waals surface area contributed by atoms with Gasteiger partial charge in [-0.25, -0.2) is 0 Å². The summed E-state index contributed by atoms with van der Waals surface area (Å²) in [4.78, 5) is 0. The summed E-state index contributed by atoms with van der Waals surface area (Å²) in [6, 6.07) is 4.08. The second kappa shape index (κ2) is 4.15. The van der Waals surface area contributed by atoms with Crippen LogP contribution in [0.1, 0.15) is 11.1 Å². The molecule has 0 N–H and O–H groups in total. The minimum Gasteiger partial charge on any atom is -0.192 e. The highest BCUT2D eigenvalue weighted by molar-refractivity contribution is 14.1. The van der Waals surface area contributed by atoms with E-state index in [4.69, 9.17) is 10.5 Å². The highest BCUT2D eigenvalue weighted by Crippen LogP contribution is 2.30. The van der Waals surface area contributed by atoms with Crippen LogP contribution in [0.15, 0.2) is 0 Å². The molecule has 0 amide bonds. The quantitative estimate of drug-likeness (QED) is 0.594. The molecule has 0 aliphatic heterocycles. The third kappa shape index (κ3) is 1.58. The Hall–Kier alpha value is -0.520. The van der Waals surface area contributed by atoms with Crippen LogP contribution in [0.2, 0.25) is 0 Å². The fourth-order valence-electron chi connectivity index (χ4n) is 1.14. The molecule has 0 unspecified atom stereocenters. The molecule has 0 atom stereocenters. The lowest BCUT2D eigenvalue weighted by Crippen LogP contribution is -1.95. The number of aromatic nitrogens is 2. The first-order valence-electron chi connectivity index (χ1n) is 3.64. The number of nitrogens with zero attached hydrogens (tertiary/aromatic N) is 4. The Bertz CT molecular complexity index is 581. The van der Waals surface area contributed by atoms with Gasteiger partial charge in [-0.2, -0.15) is 19.3 Å². The Kier molecular flexibility index (Phi) is 3.04. The maximum atomic E-state index is 9.00. The van der Waals surface area contributed by atoms with E-state index in [1.807, 2.05) is 57.3 Å². The molecule has 0 spiro atoms. The summed E-state index contributed by atoms with van der Waals surface area (Å²) in [7, 11) is 0. The number of nitriles is 2. The molecular formula is C8I2N4S. The Morgan fingerprint density at radius 3 is 1.67 bits per heavy atom. The van der Waals surface area contributed by atoms with Gasteiger partial charge >= 0.3 is 0 Å². The largest absolute Gasteiger partial charge is 0.192 e. The highest BCUT2D eigenvalue weighted by atomic mass is 127. The van der Waals surface area contributed by atoms with Gasteiger partial charge in [0.2, 0.25) is 0 Å². The molecule has 1 aromatic heterocycles. The SMILES string of the molecule is N#Cc1c(C#N)c(I)c2nsnc2c1I. The second-order valence-corrected chi connectivity index (χ2v) is 5.25. The zero-order valence-corrected chi connectivity index (χ0v) is 12.1. The van der Waals surface area contributed by atoms with Crippen molar-refractivity contribution in [1.82, 2.24) is 8.75 Å². The molecule has 0 saturated carbocycles. The maximum absolute atomic E-state index is 9.00. The first-order chi connectivity index (χ1) is 7.20. The van der Waals surface area contributed by atoms with E-state index in [9.17, 15) is 0 Å². The molecule has 2 aromatic rings. The fourth-order valence-corrected chi connectivity index (χ4v) is 3.56. The lowest BCUT2D eigenvalue weighted by molar-refractivity contribution is 1.40. The molecule has 0 bridgehead atoms. The van der Waals surface area contributed by atoms with Crippen LogP contribution in [0.3, 0.4) is 0 Å². The molecular weight excluding hydrogens is 438 g/mol. The molecule has 4 nitrogen and oxygen atoms in total. The minimum atomic E-state index is 0.391. The number of fused-ring (bicyclic) bond motifs is 1. The van der Waals surface area contributed by atoms with Crippen LogP contribution >= 0.6 is 56.9 Å². The topological polar surface area (TPSA) is 73.4 Å². The van der Waals surface area contributed by atoms with E-state index in [1.54, 1.807) is 0 Å². The highest BCUT2D eigenvalue weighted by Gasteiger charge is 2.19. The van der Waals surface area contributed by atoms with Gasteiger partial charge < -0.3 is 0 Å². The van der Waals surface area contributed by atoms with E-state index in [2.05, 4.69) is 8.75 Å². The van der Waals surface area contributed by atoms with Gasteiger partial charge in [0.1, 0.15) is 23.2 Å². The van der Waals surface area contributed by atoms with Crippen molar-refractivity contribution in [3.8, 4) is 12.1 Å². The van der Waals surface area contributed by atoms with Gasteiger partial charge in [-0.1, -0.05) is 0 Å². The minimum absolute atomic E-state index is 0.391. The first kappa shape index (κ1) is 11.0. The van der Waals surface area contributed by atoms with Gasteiger partial charge in [0.05, 0.1) is 30.0 Å². The van der Waals surface area contributed by atoms with Crippen molar-refractivity contribution in [2.24, 2.45) is 0 Å². The molecule has 0 fully saturated rings. The van der Waals surface area contributed by atoms with Gasteiger partial charge in [-0.3, -0.25) is 0 Å². The summed E-state index contributed by atoms with van der Waals surface area (Å²) >= 11 is 5.15. The Morgan fingerprint density at radius 2 is 1.33 bits per heavy atom. The molecule has 1 aromatic carbocycles. The molecule has 72 valence electrons. The lowest BCUT2D eigenvalue weighted by Gasteiger charge is -2.01. The van der Waals surface area contributed by atoms with Crippen molar-refractivity contribution >= 4 is 67.9 Å². The van der Waals surface area contributed by atoms with Crippen LogP contribution in [0, 0.1) is 29.8 Å². The molecule has 0 radical (unpaired) electrons. The summed E-state index contributed by atoms with van der Waals surface area (Å²) in [5, 5.41) is 18.0. The van der Waals surface area contributed by atoms with Crippen molar-refractivity contribution in [3.05, 3.63) is 18.3 Å². The van der Waals surface area contributed by atoms with Crippen LogP contribution in [0.25, 0.3) is 11.0 Å². The monoisotopic (exact) mass is 438 g/mol. The standard InChI is InChI=1S/C8I2N4S/c9-5-3(1-11)4(2-12)6(10)8-7(5)13-15-14-8. The van der Waals surface area contributed by atoms with E-state index in [-0.39, 0.29) is 0 Å². The summed E-state index contributed by atoms with van der Waals surface area (Å²) in [5.74, 6) is 0. The zero-order chi connectivity index (χ0) is 11.0. The van der Waals surface area contributed by atoms with E-state index in [1.165, 1.54) is 0 Å². The summed E-state index contributed by atoms with van der Waals surface area (Å²) in [6.07, 6.45) is 0. The van der Waals surface area contributed by atoms with Crippen LogP contribution in [0.5, 0.6) is 0 Å². The normalized spacial score (nSPS) is 9.87. The van der Waals surface area contributed by atoms with Gasteiger partial charge in [-0.05, 0) is 45.2 Å². The van der Waals surface area contributed by atoms with Crippen molar-refractivity contribution < 1.29 is 0 Å². The van der Waals surface area contributed by atoms with E-state index in [0.29, 0.717) is 29.3 Å². The second-order valence-electron chi connectivity index (χ2n) is 2.56. The van der Waals surface area contributed by atoms with Gasteiger partial charge in [-0.15, -0.1) is 0 Å². The van der Waals surface area contributed by atoms with Crippen molar-refractivity contribution in [2.45, 2.75) is 0 Å². The molecule has 0 aliphatic rings. The third-order valence-electron chi connectivity index (χ3n) is 1.82. The number of hydrogen-bond donors (Lipinski definition) is 0. The summed E-state index contributed by atoms with van der Waals surface area (Å²) < 4.78 is 9.65. The van der Waals surface area contributed by atoms with E-state index in [0.717, 1.165) is 11.7 Å². The molecule has 0 aliphatic carbocycles. The lowest BCUT2D eigenvalue weighted by atomic mass is 10.1. The smallest absolute Gasteiger partial charge is 0.120 e. The maximum Gasteiger partial charge on any atom is 0.120 e. The first-order valence-corrected chi connectivity index (χ1v) is 6.53. The number of benzene rings is 1. The Labute approximate surface area is 117 Å². The summed E-state index contributed by atoms with van der Waals surface area (Å²) in [5.41, 5.74) is 2.20. The number of hydrogen-bond acceptors (Lipinski definition) is 5.